The molecule has 7 atom stereocenters. The van der Waals surface area contributed by atoms with Crippen molar-refractivity contribution in [3.8, 4) is 0 Å². The van der Waals surface area contributed by atoms with Crippen molar-refractivity contribution in [1.82, 2.24) is 9.80 Å². The molecule has 0 aromatic heterocycles. The van der Waals surface area contributed by atoms with Crippen LogP contribution in [-0.2, 0) is 23.9 Å². The largest absolute Gasteiger partial charge is 0.465 e. The second-order valence-electron chi connectivity index (χ2n) is 11.3. The molecule has 224 valence electrons. The monoisotopic (exact) mass is 630 g/mol. The van der Waals surface area contributed by atoms with Gasteiger partial charge in [0.05, 0.1) is 37.2 Å². The molecule has 0 radical (unpaired) electrons. The summed E-state index contributed by atoms with van der Waals surface area (Å²) in [5.74, 6) is -2.80. The Labute approximate surface area is 251 Å². The van der Waals surface area contributed by atoms with Gasteiger partial charge in [-0.15, -0.1) is 13.2 Å². The predicted octanol–water partition coefficient (Wildman–Crippen LogP) is 4.57. The first-order valence-corrected chi connectivity index (χ1v) is 15.7. The zero-order chi connectivity index (χ0) is 29.6. The van der Waals surface area contributed by atoms with Gasteiger partial charge in [0.25, 0.3) is 0 Å². The van der Waals surface area contributed by atoms with Crippen LogP contribution in [0.5, 0.6) is 0 Å². The van der Waals surface area contributed by atoms with Gasteiger partial charge in [-0.3, -0.25) is 14.4 Å². The highest BCUT2D eigenvalue weighted by Gasteiger charge is 2.77. The zero-order valence-corrected chi connectivity index (χ0v) is 25.5. The molecule has 2 bridgehead atoms. The van der Waals surface area contributed by atoms with Crippen molar-refractivity contribution in [1.29, 1.82) is 0 Å². The fourth-order valence-electron chi connectivity index (χ4n) is 6.81. The van der Waals surface area contributed by atoms with E-state index in [1.54, 1.807) is 11.0 Å². The van der Waals surface area contributed by atoms with Gasteiger partial charge in [0.1, 0.15) is 11.6 Å². The van der Waals surface area contributed by atoms with Gasteiger partial charge >= 0.3 is 5.97 Å². The summed E-state index contributed by atoms with van der Waals surface area (Å²) in [5.41, 5.74) is -0.503. The third kappa shape index (κ3) is 6.04. The van der Waals surface area contributed by atoms with Gasteiger partial charge < -0.3 is 24.4 Å². The Morgan fingerprint density at radius 2 is 1.98 bits per heavy atom. The smallest absolute Gasteiger partial charge is 0.312 e. The molecule has 3 aliphatic rings. The van der Waals surface area contributed by atoms with Crippen LogP contribution in [0.4, 0.5) is 0 Å². The summed E-state index contributed by atoms with van der Waals surface area (Å²) in [7, 11) is 0. The van der Waals surface area contributed by atoms with E-state index in [0.717, 1.165) is 32.1 Å². The van der Waals surface area contributed by atoms with E-state index in [1.165, 1.54) is 4.90 Å². The number of hydrogen-bond acceptors (Lipinski definition) is 6. The first kappa shape index (κ1) is 31.4. The minimum atomic E-state index is -1.22. The molecule has 4 rings (SSSR count). The van der Waals surface area contributed by atoms with Gasteiger partial charge in [0.15, 0.2) is 0 Å². The number of ether oxygens (including phenoxy) is 2. The van der Waals surface area contributed by atoms with Crippen LogP contribution in [0.25, 0.3) is 0 Å². The minimum Gasteiger partial charge on any atom is -0.465 e. The van der Waals surface area contributed by atoms with Crippen molar-refractivity contribution < 1.29 is 29.0 Å². The highest BCUT2D eigenvalue weighted by Crippen LogP contribution is 2.61. The second kappa shape index (κ2) is 14.1. The molecule has 1 aromatic rings. The quantitative estimate of drug-likeness (QED) is 0.124. The number of esters is 1. The van der Waals surface area contributed by atoms with Gasteiger partial charge in [0.2, 0.25) is 11.8 Å². The molecule has 3 aliphatic heterocycles. The lowest BCUT2D eigenvalue weighted by Gasteiger charge is -2.39. The Bertz CT molecular complexity index is 1100. The van der Waals surface area contributed by atoms with E-state index in [0.29, 0.717) is 31.5 Å². The number of likely N-dealkylation sites (tertiary alicyclic amines) is 1. The van der Waals surface area contributed by atoms with Crippen LogP contribution in [0, 0.1) is 11.8 Å². The highest BCUT2D eigenvalue weighted by atomic mass is 79.9. The van der Waals surface area contributed by atoms with Gasteiger partial charge in [-0.25, -0.2) is 0 Å². The lowest BCUT2D eigenvalue weighted by molar-refractivity contribution is -0.156. The molecule has 41 heavy (non-hydrogen) atoms. The topological polar surface area (TPSA) is 96.4 Å². The molecule has 8 nitrogen and oxygen atoms in total. The molecule has 3 fully saturated rings. The third-order valence-corrected chi connectivity index (χ3v) is 9.51. The summed E-state index contributed by atoms with van der Waals surface area (Å²) in [6.45, 7) is 10.4. The number of rotatable bonds is 16. The number of allylic oxidation sites excluding steroid dienone is 1. The molecule has 1 aromatic carbocycles. The highest BCUT2D eigenvalue weighted by molar-refractivity contribution is 9.09. The Morgan fingerprint density at radius 3 is 2.63 bits per heavy atom. The van der Waals surface area contributed by atoms with Gasteiger partial charge in [-0.05, 0) is 37.7 Å². The minimum absolute atomic E-state index is 0.225. The fourth-order valence-corrected chi connectivity index (χ4v) is 7.76. The number of nitrogens with zero attached hydrogens (tertiary/aromatic N) is 2. The normalized spacial score (nSPS) is 28.8. The number of hydrogen-bond donors (Lipinski definition) is 1. The van der Waals surface area contributed by atoms with Crippen LogP contribution in [-0.4, -0.2) is 81.6 Å². The third-order valence-electron chi connectivity index (χ3n) is 8.67. The maximum atomic E-state index is 14.5. The summed E-state index contributed by atoms with van der Waals surface area (Å²) in [4.78, 5) is 45.5. The number of carbonyl (C=O) groups excluding carboxylic acids is 3. The van der Waals surface area contributed by atoms with Crippen molar-refractivity contribution in [3.63, 3.8) is 0 Å². The van der Waals surface area contributed by atoms with E-state index in [9.17, 15) is 19.5 Å². The van der Waals surface area contributed by atoms with E-state index in [2.05, 4.69) is 36.0 Å². The number of carbonyl (C=O) groups is 3. The lowest BCUT2D eigenvalue weighted by atomic mass is 9.70. The van der Waals surface area contributed by atoms with Crippen LogP contribution < -0.4 is 0 Å². The van der Waals surface area contributed by atoms with E-state index in [-0.39, 0.29) is 29.9 Å². The molecule has 3 unspecified atom stereocenters. The molecule has 1 N–H and O–H groups in total. The Morgan fingerprint density at radius 1 is 1.22 bits per heavy atom. The summed E-state index contributed by atoms with van der Waals surface area (Å²) >= 11 is 3.71. The van der Waals surface area contributed by atoms with Crippen molar-refractivity contribution >= 4 is 33.7 Å². The molecule has 1 spiro atoms. The molecule has 0 aliphatic carbocycles. The standard InChI is InChI=1S/C32H43BrN2O6/c1-4-7-9-14-19-40-31(39)25-26-29(37)35(24(21-36)22-15-11-10-12-16-22)28(32(26)20-23(33)27(25)41-32)30(38)34(17-6-3)18-13-8-5-2/h4,6,10-12,15-16,23-28,36H,1,3,5,7-9,13-14,17-21H2,2H3/t23?,24-,25+,26+,27+,28?,32?/m1/s1. The molecule has 2 amide bonds. The lowest BCUT2D eigenvalue weighted by Crippen LogP contribution is -2.57. The van der Waals surface area contributed by atoms with Crippen LogP contribution in [0.3, 0.4) is 0 Å². The van der Waals surface area contributed by atoms with Crippen molar-refractivity contribution in [2.45, 2.75) is 80.5 Å². The average Bonchev–Trinajstić information content (AvgIpc) is 3.57. The zero-order valence-electron chi connectivity index (χ0n) is 24.0. The molecule has 3 saturated heterocycles. The summed E-state index contributed by atoms with van der Waals surface area (Å²) in [5, 5.41) is 10.6. The van der Waals surface area contributed by atoms with Crippen molar-refractivity contribution in [2.75, 3.05) is 26.3 Å². The van der Waals surface area contributed by atoms with Crippen LogP contribution >= 0.6 is 15.9 Å². The van der Waals surface area contributed by atoms with Gasteiger partial charge in [0, 0.05) is 17.9 Å². The van der Waals surface area contributed by atoms with E-state index >= 15 is 0 Å². The Hall–Kier alpha value is -2.49. The maximum absolute atomic E-state index is 14.5. The van der Waals surface area contributed by atoms with Crippen LogP contribution in [0.2, 0.25) is 0 Å². The molecular formula is C32H43BrN2O6. The summed E-state index contributed by atoms with van der Waals surface area (Å²) in [6, 6.07) is 7.44. The number of unbranched alkanes of at least 4 members (excludes halogenated alkanes) is 4. The second-order valence-corrected chi connectivity index (χ2v) is 12.4. The fraction of sp³-hybridized carbons (Fsp3) is 0.594. The SMILES string of the molecule is C=CCCCCOC(=O)[C@H]1[C@H]2C(=O)N([C@H](CO)c3ccccc3)C(C(=O)N(CC=C)CCCCC)C23CC(Br)[C@@H]1O3. The van der Waals surface area contributed by atoms with E-state index < -0.39 is 41.6 Å². The van der Waals surface area contributed by atoms with Gasteiger partial charge in [-0.2, -0.15) is 0 Å². The number of alkyl halides is 1. The van der Waals surface area contributed by atoms with E-state index in [4.69, 9.17) is 9.47 Å². The number of aliphatic hydroxyl groups excluding tert-OH is 1. The van der Waals surface area contributed by atoms with E-state index in [1.807, 2.05) is 36.4 Å². The number of aliphatic hydroxyl groups is 1. The predicted molar refractivity (Wildman–Crippen MR) is 160 cm³/mol. The molecule has 0 saturated carbocycles. The first-order chi connectivity index (χ1) is 19.9. The van der Waals surface area contributed by atoms with Crippen molar-refractivity contribution in [3.05, 3.63) is 61.2 Å². The summed E-state index contributed by atoms with van der Waals surface area (Å²) < 4.78 is 12.3. The maximum Gasteiger partial charge on any atom is 0.312 e. The number of benzene rings is 1. The first-order valence-electron chi connectivity index (χ1n) is 14.8. The Kier molecular flexibility index (Phi) is 10.8. The van der Waals surface area contributed by atoms with Crippen LogP contribution in [0.1, 0.15) is 63.5 Å². The van der Waals surface area contributed by atoms with Crippen molar-refractivity contribution in [2.24, 2.45) is 11.8 Å². The van der Waals surface area contributed by atoms with Gasteiger partial charge in [-0.1, -0.05) is 78.2 Å². The molecular weight excluding hydrogens is 588 g/mol. The number of fused-ring (bicyclic) bond motifs is 1. The summed E-state index contributed by atoms with van der Waals surface area (Å²) in [6.07, 6.45) is 8.50. The number of halogens is 1. The molecule has 3 heterocycles. The molecule has 9 heteroatoms. The van der Waals surface area contributed by atoms with Crippen LogP contribution in [0.15, 0.2) is 55.6 Å². The number of amides is 2. The average molecular weight is 632 g/mol. The Balaban J connectivity index is 1.73.